The first-order valence-corrected chi connectivity index (χ1v) is 8.80. The molecule has 0 atom stereocenters. The van der Waals surface area contributed by atoms with Gasteiger partial charge in [0.25, 0.3) is 0 Å². The molecule has 3 aromatic heterocycles. The van der Waals surface area contributed by atoms with E-state index in [0.717, 1.165) is 59.9 Å². The van der Waals surface area contributed by atoms with E-state index in [4.69, 9.17) is 16.3 Å². The molecule has 0 aliphatic heterocycles. The third-order valence-electron chi connectivity index (χ3n) is 4.23. The molecule has 0 aliphatic rings. The number of ether oxygens (including phenoxy) is 1. The number of rotatable bonds is 8. The van der Waals surface area contributed by atoms with Gasteiger partial charge in [-0.05, 0) is 30.7 Å². The second kappa shape index (κ2) is 7.27. The maximum atomic E-state index is 6.22. The number of methoxy groups -OCH3 is 1. The summed E-state index contributed by atoms with van der Waals surface area (Å²) in [5, 5.41) is 15.6. The van der Waals surface area contributed by atoms with Gasteiger partial charge >= 0.3 is 0 Å². The number of hydrogen-bond acceptors (Lipinski definition) is 5. The molecule has 0 amide bonds. The molecule has 8 nitrogen and oxygen atoms in total. The van der Waals surface area contributed by atoms with Crippen LogP contribution in [-0.2, 0) is 6.54 Å². The van der Waals surface area contributed by atoms with Crippen LogP contribution >= 0.6 is 11.6 Å². The van der Waals surface area contributed by atoms with Gasteiger partial charge in [0.2, 0.25) is 5.95 Å². The third kappa shape index (κ3) is 3.33. The lowest BCUT2D eigenvalue weighted by molar-refractivity contribution is 0.414. The van der Waals surface area contributed by atoms with E-state index in [1.54, 1.807) is 24.1 Å². The SMILES string of the molecule is COc1cc(CNCCCNc2nc3ccnn3[nH]2)c2[nH]cc(Cl)c2c1. The average molecular weight is 374 g/mol. The fourth-order valence-corrected chi connectivity index (χ4v) is 3.14. The molecule has 3 heterocycles. The number of H-pyrrole nitrogens is 2. The Labute approximate surface area is 154 Å². The van der Waals surface area contributed by atoms with Crippen molar-refractivity contribution in [2.45, 2.75) is 13.0 Å². The third-order valence-corrected chi connectivity index (χ3v) is 4.54. The first-order valence-electron chi connectivity index (χ1n) is 8.42. The fourth-order valence-electron chi connectivity index (χ4n) is 2.93. The standard InChI is InChI=1S/C17H20ClN7O/c1-26-12-7-11(16-13(8-12)14(18)10-21-16)9-19-4-2-5-20-17-23-15-3-6-22-25(15)24-17/h3,6-8,10,19,21H,2,4-5,9H2,1H3,(H2,20,23,24). The Kier molecular flexibility index (Phi) is 4.68. The number of nitrogens with one attached hydrogen (secondary N) is 4. The van der Waals surface area contributed by atoms with Crippen molar-refractivity contribution in [1.29, 1.82) is 0 Å². The van der Waals surface area contributed by atoms with Crippen LogP contribution in [0.1, 0.15) is 12.0 Å². The minimum absolute atomic E-state index is 0.703. The molecule has 0 bridgehead atoms. The Morgan fingerprint density at radius 2 is 2.23 bits per heavy atom. The summed E-state index contributed by atoms with van der Waals surface area (Å²) in [6, 6.07) is 5.83. The van der Waals surface area contributed by atoms with Crippen LogP contribution in [0.25, 0.3) is 16.6 Å². The summed E-state index contributed by atoms with van der Waals surface area (Å²) < 4.78 is 7.01. The number of aromatic nitrogens is 5. The van der Waals surface area contributed by atoms with Gasteiger partial charge in [-0.3, -0.25) is 0 Å². The minimum Gasteiger partial charge on any atom is -0.497 e. The van der Waals surface area contributed by atoms with Gasteiger partial charge in [-0.1, -0.05) is 11.6 Å². The number of halogens is 1. The van der Waals surface area contributed by atoms with Gasteiger partial charge in [-0.2, -0.15) is 14.7 Å². The van der Waals surface area contributed by atoms with Crippen molar-refractivity contribution >= 4 is 34.1 Å². The van der Waals surface area contributed by atoms with Crippen molar-refractivity contribution in [3.8, 4) is 5.75 Å². The van der Waals surface area contributed by atoms with Crippen LogP contribution in [0.3, 0.4) is 0 Å². The normalized spacial score (nSPS) is 11.5. The Morgan fingerprint density at radius 1 is 1.31 bits per heavy atom. The van der Waals surface area contributed by atoms with Crippen LogP contribution in [0.5, 0.6) is 5.75 Å². The van der Waals surface area contributed by atoms with Crippen molar-refractivity contribution in [3.05, 3.63) is 41.2 Å². The Bertz CT molecular complexity index is 990. The Balaban J connectivity index is 1.28. The predicted molar refractivity (Wildman–Crippen MR) is 102 cm³/mol. The highest BCUT2D eigenvalue weighted by molar-refractivity contribution is 6.35. The van der Waals surface area contributed by atoms with E-state index < -0.39 is 0 Å². The lowest BCUT2D eigenvalue weighted by Crippen LogP contribution is -2.18. The number of aromatic amines is 2. The summed E-state index contributed by atoms with van der Waals surface area (Å²) >= 11 is 6.22. The van der Waals surface area contributed by atoms with E-state index in [1.165, 1.54) is 0 Å². The molecule has 0 aliphatic carbocycles. The lowest BCUT2D eigenvalue weighted by Gasteiger charge is -2.09. The molecule has 4 rings (SSSR count). The van der Waals surface area contributed by atoms with E-state index in [2.05, 4.69) is 30.8 Å². The second-order valence-electron chi connectivity index (χ2n) is 5.98. The van der Waals surface area contributed by atoms with Gasteiger partial charge in [-0.25, -0.2) is 5.10 Å². The molecule has 0 unspecified atom stereocenters. The first-order chi connectivity index (χ1) is 12.7. The second-order valence-corrected chi connectivity index (χ2v) is 6.38. The van der Waals surface area contributed by atoms with Gasteiger partial charge < -0.3 is 20.4 Å². The van der Waals surface area contributed by atoms with Crippen LogP contribution < -0.4 is 15.4 Å². The van der Waals surface area contributed by atoms with E-state index in [0.29, 0.717) is 5.02 Å². The van der Waals surface area contributed by atoms with Gasteiger partial charge in [-0.15, -0.1) is 0 Å². The van der Waals surface area contributed by atoms with E-state index in [1.807, 2.05) is 18.2 Å². The predicted octanol–water partition coefficient (Wildman–Crippen LogP) is 2.79. The molecular weight excluding hydrogens is 354 g/mol. The van der Waals surface area contributed by atoms with Crippen molar-refractivity contribution < 1.29 is 4.74 Å². The molecule has 0 fully saturated rings. The monoisotopic (exact) mass is 373 g/mol. The van der Waals surface area contributed by atoms with E-state index in [-0.39, 0.29) is 0 Å². The van der Waals surface area contributed by atoms with Gasteiger partial charge in [0, 0.05) is 30.7 Å². The smallest absolute Gasteiger partial charge is 0.218 e. The van der Waals surface area contributed by atoms with Crippen LogP contribution in [-0.4, -0.2) is 45.0 Å². The van der Waals surface area contributed by atoms with Crippen LogP contribution in [0.4, 0.5) is 5.95 Å². The highest BCUT2D eigenvalue weighted by Gasteiger charge is 2.09. The molecule has 26 heavy (non-hydrogen) atoms. The highest BCUT2D eigenvalue weighted by Crippen LogP contribution is 2.30. The molecule has 1 aromatic carbocycles. The summed E-state index contributed by atoms with van der Waals surface area (Å²) in [5.74, 6) is 1.53. The molecule has 0 spiro atoms. The molecule has 0 saturated carbocycles. The number of anilines is 1. The zero-order chi connectivity index (χ0) is 17.9. The molecule has 0 saturated heterocycles. The molecular formula is C17H20ClN7O. The molecule has 4 aromatic rings. The van der Waals surface area contributed by atoms with Gasteiger partial charge in [0.15, 0.2) is 5.65 Å². The largest absolute Gasteiger partial charge is 0.497 e. The lowest BCUT2D eigenvalue weighted by atomic mass is 10.1. The molecule has 4 N–H and O–H groups in total. The first kappa shape index (κ1) is 16.7. The minimum atomic E-state index is 0.703. The maximum Gasteiger partial charge on any atom is 0.218 e. The summed E-state index contributed by atoms with van der Waals surface area (Å²) in [5.41, 5.74) is 2.98. The zero-order valence-corrected chi connectivity index (χ0v) is 15.1. The number of fused-ring (bicyclic) bond motifs is 2. The van der Waals surface area contributed by atoms with Crippen LogP contribution in [0.15, 0.2) is 30.6 Å². The molecule has 136 valence electrons. The van der Waals surface area contributed by atoms with Crippen LogP contribution in [0.2, 0.25) is 5.02 Å². The van der Waals surface area contributed by atoms with E-state index >= 15 is 0 Å². The van der Waals surface area contributed by atoms with Crippen molar-refractivity contribution in [3.63, 3.8) is 0 Å². The van der Waals surface area contributed by atoms with Crippen molar-refractivity contribution in [1.82, 2.24) is 30.1 Å². The fraction of sp³-hybridized carbons (Fsp3) is 0.294. The topological polar surface area (TPSA) is 95.1 Å². The maximum absolute atomic E-state index is 6.22. The van der Waals surface area contributed by atoms with Crippen molar-refractivity contribution in [2.24, 2.45) is 0 Å². The van der Waals surface area contributed by atoms with Crippen LogP contribution in [0, 0.1) is 0 Å². The van der Waals surface area contributed by atoms with E-state index in [9.17, 15) is 0 Å². The molecule has 9 heteroatoms. The van der Waals surface area contributed by atoms with Crippen molar-refractivity contribution in [2.75, 3.05) is 25.5 Å². The highest BCUT2D eigenvalue weighted by atomic mass is 35.5. The quantitative estimate of drug-likeness (QED) is 0.356. The van der Waals surface area contributed by atoms with Gasteiger partial charge in [0.1, 0.15) is 5.75 Å². The van der Waals surface area contributed by atoms with Gasteiger partial charge in [0.05, 0.1) is 23.8 Å². The zero-order valence-electron chi connectivity index (χ0n) is 14.3. The molecule has 0 radical (unpaired) electrons. The summed E-state index contributed by atoms with van der Waals surface area (Å²) in [6.45, 7) is 2.42. The summed E-state index contributed by atoms with van der Waals surface area (Å²) in [7, 11) is 1.66. The summed E-state index contributed by atoms with van der Waals surface area (Å²) in [4.78, 5) is 7.61. The average Bonchev–Trinajstić information content (AvgIpc) is 3.33. The number of nitrogens with zero attached hydrogens (tertiary/aromatic N) is 3. The summed E-state index contributed by atoms with van der Waals surface area (Å²) in [6.07, 6.45) is 4.47. The Morgan fingerprint density at radius 3 is 3.08 bits per heavy atom. The number of hydrogen-bond donors (Lipinski definition) is 4. The number of benzene rings is 1. The Hall–Kier alpha value is -2.71.